The zero-order chi connectivity index (χ0) is 13.0. The summed E-state index contributed by atoms with van der Waals surface area (Å²) in [6.45, 7) is 0.0267. The van der Waals surface area contributed by atoms with Gasteiger partial charge in [0.25, 0.3) is 5.91 Å². The summed E-state index contributed by atoms with van der Waals surface area (Å²) in [4.78, 5) is 24.4. The highest BCUT2D eigenvalue weighted by Crippen LogP contribution is 2.20. The van der Waals surface area contributed by atoms with Crippen LogP contribution in [0, 0.1) is 3.57 Å². The maximum atomic E-state index is 11.9. The molecule has 0 unspecified atom stereocenters. The van der Waals surface area contributed by atoms with E-state index in [9.17, 15) is 9.59 Å². The van der Waals surface area contributed by atoms with E-state index in [0.717, 1.165) is 3.57 Å². The molecule has 0 aliphatic carbocycles. The second kappa shape index (κ2) is 6.20. The fraction of sp³-hybridized carbons (Fsp3) is 0.273. The molecule has 92 valence electrons. The predicted molar refractivity (Wildman–Crippen MR) is 75.2 cm³/mol. The van der Waals surface area contributed by atoms with Crippen LogP contribution in [0.25, 0.3) is 0 Å². The number of hydrogen-bond acceptors (Lipinski definition) is 2. The van der Waals surface area contributed by atoms with E-state index in [-0.39, 0.29) is 18.4 Å². The molecule has 0 bridgehead atoms. The van der Waals surface area contributed by atoms with Gasteiger partial charge in [0.05, 0.1) is 11.6 Å². The first-order valence-corrected chi connectivity index (χ1v) is 6.32. The predicted octanol–water partition coefficient (Wildman–Crippen LogP) is 1.76. The average Bonchev–Trinajstić information content (AvgIpc) is 2.31. The van der Waals surface area contributed by atoms with Crippen molar-refractivity contribution in [2.45, 2.75) is 0 Å². The van der Waals surface area contributed by atoms with E-state index >= 15 is 0 Å². The molecule has 0 aliphatic rings. The van der Waals surface area contributed by atoms with Gasteiger partial charge < -0.3 is 10.2 Å². The Morgan fingerprint density at radius 2 is 2.12 bits per heavy atom. The minimum atomic E-state index is -0.230. The van der Waals surface area contributed by atoms with E-state index in [0.29, 0.717) is 10.6 Å². The summed E-state index contributed by atoms with van der Waals surface area (Å²) in [5.74, 6) is -0.440. The van der Waals surface area contributed by atoms with E-state index in [1.165, 1.54) is 11.9 Å². The van der Waals surface area contributed by atoms with Crippen molar-refractivity contribution in [3.63, 3.8) is 0 Å². The molecule has 0 aromatic heterocycles. The molecule has 0 spiro atoms. The van der Waals surface area contributed by atoms with Crippen LogP contribution in [-0.2, 0) is 4.79 Å². The van der Waals surface area contributed by atoms with Crippen molar-refractivity contribution in [3.8, 4) is 0 Å². The van der Waals surface area contributed by atoms with Crippen LogP contribution in [0.1, 0.15) is 10.4 Å². The topological polar surface area (TPSA) is 49.4 Å². The van der Waals surface area contributed by atoms with Crippen molar-refractivity contribution >= 4 is 46.0 Å². The van der Waals surface area contributed by atoms with Crippen LogP contribution in [0.15, 0.2) is 18.2 Å². The molecule has 0 radical (unpaired) electrons. The SMILES string of the molecule is CNC(=O)CN(C)C(=O)c1ccc(I)c(Cl)c1. The van der Waals surface area contributed by atoms with E-state index < -0.39 is 0 Å². The van der Waals surface area contributed by atoms with Crippen molar-refractivity contribution in [1.82, 2.24) is 10.2 Å². The van der Waals surface area contributed by atoms with Crippen LogP contribution >= 0.6 is 34.2 Å². The van der Waals surface area contributed by atoms with Gasteiger partial charge in [0.2, 0.25) is 5.91 Å². The molecular weight excluding hydrogens is 354 g/mol. The van der Waals surface area contributed by atoms with E-state index in [1.807, 2.05) is 0 Å². The van der Waals surface area contributed by atoms with Crippen molar-refractivity contribution in [1.29, 1.82) is 0 Å². The number of halogens is 2. The van der Waals surface area contributed by atoms with Gasteiger partial charge >= 0.3 is 0 Å². The van der Waals surface area contributed by atoms with Gasteiger partial charge in [0.1, 0.15) is 0 Å². The fourth-order valence-electron chi connectivity index (χ4n) is 1.22. The lowest BCUT2D eigenvalue weighted by Gasteiger charge is -2.16. The number of benzene rings is 1. The lowest BCUT2D eigenvalue weighted by Crippen LogP contribution is -2.36. The Balaban J connectivity index is 2.81. The Kier molecular flexibility index (Phi) is 5.20. The van der Waals surface area contributed by atoms with Gasteiger partial charge in [-0.05, 0) is 40.8 Å². The highest BCUT2D eigenvalue weighted by Gasteiger charge is 2.15. The zero-order valence-electron chi connectivity index (χ0n) is 9.46. The van der Waals surface area contributed by atoms with E-state index in [2.05, 4.69) is 27.9 Å². The first-order chi connectivity index (χ1) is 7.95. The highest BCUT2D eigenvalue weighted by molar-refractivity contribution is 14.1. The molecule has 4 nitrogen and oxygen atoms in total. The summed E-state index contributed by atoms with van der Waals surface area (Å²) >= 11 is 8.02. The summed E-state index contributed by atoms with van der Waals surface area (Å²) in [6, 6.07) is 5.06. The number of carbonyl (C=O) groups excluding carboxylic acids is 2. The summed E-state index contributed by atoms with van der Waals surface area (Å²) in [5, 5.41) is 2.99. The van der Waals surface area contributed by atoms with E-state index in [1.54, 1.807) is 25.2 Å². The first-order valence-electron chi connectivity index (χ1n) is 4.86. The van der Waals surface area contributed by atoms with Crippen LogP contribution in [0.2, 0.25) is 5.02 Å². The number of nitrogens with one attached hydrogen (secondary N) is 1. The number of hydrogen-bond donors (Lipinski definition) is 1. The number of amides is 2. The Bertz CT molecular complexity index is 451. The third-order valence-corrected chi connectivity index (χ3v) is 3.75. The molecule has 1 rings (SSSR count). The normalized spacial score (nSPS) is 9.88. The molecule has 1 aromatic carbocycles. The number of likely N-dealkylation sites (N-methyl/N-ethyl adjacent to an activating group) is 2. The molecule has 17 heavy (non-hydrogen) atoms. The number of nitrogens with zero attached hydrogens (tertiary/aromatic N) is 1. The fourth-order valence-corrected chi connectivity index (χ4v) is 1.73. The van der Waals surface area contributed by atoms with Crippen LogP contribution in [0.5, 0.6) is 0 Å². The third kappa shape index (κ3) is 3.85. The van der Waals surface area contributed by atoms with Crippen LogP contribution in [-0.4, -0.2) is 37.4 Å². The van der Waals surface area contributed by atoms with Crippen molar-refractivity contribution in [2.75, 3.05) is 20.6 Å². The monoisotopic (exact) mass is 366 g/mol. The molecule has 0 saturated carbocycles. The van der Waals surface area contributed by atoms with Crippen LogP contribution in [0.4, 0.5) is 0 Å². The minimum absolute atomic E-state index is 0.0267. The van der Waals surface area contributed by atoms with Gasteiger partial charge in [-0.3, -0.25) is 9.59 Å². The van der Waals surface area contributed by atoms with Gasteiger partial charge in [0.15, 0.2) is 0 Å². The average molecular weight is 367 g/mol. The molecular formula is C11H12ClIN2O2. The van der Waals surface area contributed by atoms with Crippen molar-refractivity contribution in [2.24, 2.45) is 0 Å². The summed E-state index contributed by atoms with van der Waals surface area (Å²) < 4.78 is 0.884. The molecule has 2 amide bonds. The van der Waals surface area contributed by atoms with Crippen molar-refractivity contribution < 1.29 is 9.59 Å². The molecule has 0 heterocycles. The van der Waals surface area contributed by atoms with Crippen LogP contribution < -0.4 is 5.32 Å². The molecule has 0 aliphatic heterocycles. The Hall–Kier alpha value is -0.820. The zero-order valence-corrected chi connectivity index (χ0v) is 12.4. The molecule has 0 saturated heterocycles. The maximum absolute atomic E-state index is 11.9. The maximum Gasteiger partial charge on any atom is 0.254 e. The van der Waals surface area contributed by atoms with Gasteiger partial charge in [-0.1, -0.05) is 11.6 Å². The Labute approximate surface area is 118 Å². The lowest BCUT2D eigenvalue weighted by atomic mass is 10.2. The van der Waals surface area contributed by atoms with Gasteiger partial charge in [-0.2, -0.15) is 0 Å². The summed E-state index contributed by atoms with van der Waals surface area (Å²) in [7, 11) is 3.10. The quantitative estimate of drug-likeness (QED) is 0.829. The summed E-state index contributed by atoms with van der Waals surface area (Å²) in [6.07, 6.45) is 0. The van der Waals surface area contributed by atoms with Crippen LogP contribution in [0.3, 0.4) is 0 Å². The number of rotatable bonds is 3. The largest absolute Gasteiger partial charge is 0.358 e. The molecule has 1 aromatic rings. The van der Waals surface area contributed by atoms with Gasteiger partial charge in [-0.15, -0.1) is 0 Å². The Morgan fingerprint density at radius 3 is 2.65 bits per heavy atom. The highest BCUT2D eigenvalue weighted by atomic mass is 127. The number of carbonyl (C=O) groups is 2. The summed E-state index contributed by atoms with van der Waals surface area (Å²) in [5.41, 5.74) is 0.474. The standard InChI is InChI=1S/C11H12ClIN2O2/c1-14-10(16)6-15(2)11(17)7-3-4-9(13)8(12)5-7/h3-5H,6H2,1-2H3,(H,14,16). The molecule has 0 atom stereocenters. The molecule has 0 fully saturated rings. The van der Waals surface area contributed by atoms with E-state index in [4.69, 9.17) is 11.6 Å². The van der Waals surface area contributed by atoms with Crippen molar-refractivity contribution in [3.05, 3.63) is 32.4 Å². The van der Waals surface area contributed by atoms with Gasteiger partial charge in [0, 0.05) is 23.2 Å². The third-order valence-electron chi connectivity index (χ3n) is 2.17. The van der Waals surface area contributed by atoms with Gasteiger partial charge in [-0.25, -0.2) is 0 Å². The smallest absolute Gasteiger partial charge is 0.254 e. The second-order valence-electron chi connectivity index (χ2n) is 3.46. The lowest BCUT2D eigenvalue weighted by molar-refractivity contribution is -0.121. The molecule has 1 N–H and O–H groups in total. The molecule has 6 heteroatoms. The second-order valence-corrected chi connectivity index (χ2v) is 5.03. The Morgan fingerprint density at radius 1 is 1.47 bits per heavy atom. The minimum Gasteiger partial charge on any atom is -0.358 e. The first kappa shape index (κ1) is 14.2.